The summed E-state index contributed by atoms with van der Waals surface area (Å²) < 4.78 is 1.96. The molecule has 1 aromatic heterocycles. The van der Waals surface area contributed by atoms with E-state index in [2.05, 4.69) is 47.3 Å². The van der Waals surface area contributed by atoms with Crippen LogP contribution in [-0.2, 0) is 11.3 Å². The largest absolute Gasteiger partial charge is 0.481 e. The average molecular weight is 339 g/mol. The summed E-state index contributed by atoms with van der Waals surface area (Å²) in [6.45, 7) is 6.48. The summed E-state index contributed by atoms with van der Waals surface area (Å²) in [6.07, 6.45) is 2.95. The molecule has 0 radical (unpaired) electrons. The predicted molar refractivity (Wildman–Crippen MR) is 95.7 cm³/mol. The Balaban J connectivity index is 1.47. The van der Waals surface area contributed by atoms with Crippen LogP contribution < -0.4 is 0 Å². The van der Waals surface area contributed by atoms with Crippen molar-refractivity contribution in [2.75, 3.05) is 13.1 Å². The molecule has 1 aliphatic carbocycles. The van der Waals surface area contributed by atoms with Gasteiger partial charge in [-0.05, 0) is 56.4 Å². The Kier molecular flexibility index (Phi) is 3.91. The zero-order chi connectivity index (χ0) is 17.6. The Morgan fingerprint density at radius 3 is 2.68 bits per heavy atom. The minimum Gasteiger partial charge on any atom is -0.481 e. The van der Waals surface area contributed by atoms with Crippen molar-refractivity contribution in [3.05, 3.63) is 47.3 Å². The molecule has 2 heterocycles. The molecule has 1 aromatic carbocycles. The van der Waals surface area contributed by atoms with Crippen LogP contribution in [0.5, 0.6) is 0 Å². The molecular formula is C20H25N3O2. The topological polar surface area (TPSA) is 58.4 Å². The van der Waals surface area contributed by atoms with Crippen molar-refractivity contribution >= 4 is 5.97 Å². The molecule has 5 heteroatoms. The third kappa shape index (κ3) is 2.76. The first-order valence-corrected chi connectivity index (χ1v) is 9.06. The molecule has 2 atom stereocenters. The molecule has 0 unspecified atom stereocenters. The van der Waals surface area contributed by atoms with Crippen LogP contribution in [0.3, 0.4) is 0 Å². The fourth-order valence-corrected chi connectivity index (χ4v) is 4.75. The molecule has 132 valence electrons. The third-order valence-electron chi connectivity index (χ3n) is 5.96. The van der Waals surface area contributed by atoms with Crippen molar-refractivity contribution in [1.82, 2.24) is 14.7 Å². The Labute approximate surface area is 148 Å². The summed E-state index contributed by atoms with van der Waals surface area (Å²) in [7, 11) is 0. The first kappa shape index (κ1) is 16.3. The van der Waals surface area contributed by atoms with Gasteiger partial charge in [0.15, 0.2) is 0 Å². The van der Waals surface area contributed by atoms with Gasteiger partial charge in [-0.1, -0.05) is 18.6 Å². The van der Waals surface area contributed by atoms with Gasteiger partial charge in [0.2, 0.25) is 0 Å². The second-order valence-corrected chi connectivity index (χ2v) is 7.73. The summed E-state index contributed by atoms with van der Waals surface area (Å²) in [5.41, 5.74) is 3.94. The van der Waals surface area contributed by atoms with E-state index < -0.39 is 11.4 Å². The maximum Gasteiger partial charge on any atom is 0.311 e. The number of carboxylic acids is 1. The molecule has 0 spiro atoms. The highest BCUT2D eigenvalue weighted by atomic mass is 16.4. The summed E-state index contributed by atoms with van der Waals surface area (Å²) in [5, 5.41) is 14.2. The SMILES string of the molecule is Cc1cc(C)n(-c2ccc(CN3C[C@@H]4CCC[C@@]4(C(=O)O)C3)cc2)n1. The van der Waals surface area contributed by atoms with Gasteiger partial charge in [0, 0.05) is 25.3 Å². The Bertz CT molecular complexity index is 796. The number of aryl methyl sites for hydroxylation is 2. The van der Waals surface area contributed by atoms with Gasteiger partial charge in [0.25, 0.3) is 0 Å². The Hall–Kier alpha value is -2.14. The lowest BCUT2D eigenvalue weighted by atomic mass is 9.81. The molecule has 1 N–H and O–H groups in total. The number of aliphatic carboxylic acids is 1. The molecule has 2 aliphatic rings. The van der Waals surface area contributed by atoms with Gasteiger partial charge in [-0.25, -0.2) is 4.68 Å². The smallest absolute Gasteiger partial charge is 0.311 e. The Morgan fingerprint density at radius 2 is 2.08 bits per heavy atom. The maximum atomic E-state index is 11.8. The van der Waals surface area contributed by atoms with E-state index in [1.165, 1.54) is 5.56 Å². The summed E-state index contributed by atoms with van der Waals surface area (Å²) in [4.78, 5) is 14.1. The van der Waals surface area contributed by atoms with Crippen LogP contribution in [0.1, 0.15) is 36.2 Å². The summed E-state index contributed by atoms with van der Waals surface area (Å²) >= 11 is 0. The van der Waals surface area contributed by atoms with Gasteiger partial charge in [0.1, 0.15) is 0 Å². The van der Waals surface area contributed by atoms with E-state index in [0.29, 0.717) is 12.5 Å². The number of benzene rings is 1. The molecule has 0 amide bonds. The number of hydrogen-bond acceptors (Lipinski definition) is 3. The summed E-state index contributed by atoms with van der Waals surface area (Å²) in [6, 6.07) is 10.5. The van der Waals surface area contributed by atoms with Gasteiger partial charge in [-0.2, -0.15) is 5.10 Å². The minimum atomic E-state index is -0.600. The van der Waals surface area contributed by atoms with E-state index >= 15 is 0 Å². The summed E-state index contributed by atoms with van der Waals surface area (Å²) in [5.74, 6) is -0.281. The van der Waals surface area contributed by atoms with Crippen molar-refractivity contribution in [1.29, 1.82) is 0 Å². The highest BCUT2D eigenvalue weighted by Crippen LogP contribution is 2.49. The number of nitrogens with zero attached hydrogens (tertiary/aromatic N) is 3. The van der Waals surface area contributed by atoms with Crippen molar-refractivity contribution in [3.63, 3.8) is 0 Å². The zero-order valence-corrected chi connectivity index (χ0v) is 14.9. The van der Waals surface area contributed by atoms with Crippen molar-refractivity contribution in [2.24, 2.45) is 11.3 Å². The van der Waals surface area contributed by atoms with Gasteiger partial charge in [-0.3, -0.25) is 9.69 Å². The third-order valence-corrected chi connectivity index (χ3v) is 5.96. The lowest BCUT2D eigenvalue weighted by Gasteiger charge is -2.23. The Morgan fingerprint density at radius 1 is 1.32 bits per heavy atom. The fraction of sp³-hybridized carbons (Fsp3) is 0.500. The lowest BCUT2D eigenvalue weighted by molar-refractivity contribution is -0.149. The molecule has 25 heavy (non-hydrogen) atoms. The molecule has 0 bridgehead atoms. The second kappa shape index (κ2) is 5.99. The van der Waals surface area contributed by atoms with Crippen LogP contribution in [0.15, 0.2) is 30.3 Å². The minimum absolute atomic E-state index is 0.318. The molecule has 4 rings (SSSR count). The molecular weight excluding hydrogens is 314 g/mol. The molecule has 1 saturated heterocycles. The first-order valence-electron chi connectivity index (χ1n) is 9.06. The van der Waals surface area contributed by atoms with Crippen LogP contribution in [-0.4, -0.2) is 38.8 Å². The first-order chi connectivity index (χ1) is 12.0. The standard InChI is InChI=1S/C20H25N3O2/c1-14-10-15(2)23(21-14)18-7-5-16(6-8-18)11-22-12-17-4-3-9-20(17,13-22)19(24)25/h5-8,10,17H,3-4,9,11-13H2,1-2H3,(H,24,25)/t17-,20+/m0/s1. The quantitative estimate of drug-likeness (QED) is 0.929. The van der Waals surface area contributed by atoms with Crippen LogP contribution in [0.4, 0.5) is 0 Å². The van der Waals surface area contributed by atoms with Crippen molar-refractivity contribution in [2.45, 2.75) is 39.7 Å². The van der Waals surface area contributed by atoms with Crippen LogP contribution in [0.25, 0.3) is 5.69 Å². The molecule has 5 nitrogen and oxygen atoms in total. The number of hydrogen-bond donors (Lipinski definition) is 1. The number of carbonyl (C=O) groups is 1. The van der Waals surface area contributed by atoms with Crippen molar-refractivity contribution < 1.29 is 9.90 Å². The molecule has 1 saturated carbocycles. The van der Waals surface area contributed by atoms with Gasteiger partial charge in [-0.15, -0.1) is 0 Å². The zero-order valence-electron chi connectivity index (χ0n) is 14.9. The normalized spacial score (nSPS) is 26.1. The molecule has 2 fully saturated rings. The van der Waals surface area contributed by atoms with Crippen LogP contribution >= 0.6 is 0 Å². The van der Waals surface area contributed by atoms with Gasteiger partial charge < -0.3 is 5.11 Å². The van der Waals surface area contributed by atoms with E-state index in [1.54, 1.807) is 0 Å². The average Bonchev–Trinajstić information content (AvgIpc) is 3.20. The highest BCUT2D eigenvalue weighted by Gasteiger charge is 2.54. The number of rotatable bonds is 4. The van der Waals surface area contributed by atoms with Crippen LogP contribution in [0, 0.1) is 25.2 Å². The van der Waals surface area contributed by atoms with Gasteiger partial charge in [0.05, 0.1) is 16.8 Å². The highest BCUT2D eigenvalue weighted by molar-refractivity contribution is 5.76. The van der Waals surface area contributed by atoms with Crippen molar-refractivity contribution in [3.8, 4) is 5.69 Å². The number of fused-ring (bicyclic) bond motifs is 1. The monoisotopic (exact) mass is 339 g/mol. The van der Waals surface area contributed by atoms with E-state index in [1.807, 2.05) is 11.6 Å². The number of carboxylic acid groups (broad SMARTS) is 1. The molecule has 1 aliphatic heterocycles. The van der Waals surface area contributed by atoms with Crippen LogP contribution in [0.2, 0.25) is 0 Å². The van der Waals surface area contributed by atoms with E-state index in [4.69, 9.17) is 0 Å². The predicted octanol–water partition coefficient (Wildman–Crippen LogP) is 3.18. The fourth-order valence-electron chi connectivity index (χ4n) is 4.75. The lowest BCUT2D eigenvalue weighted by Crippen LogP contribution is -2.35. The number of aromatic nitrogens is 2. The maximum absolute atomic E-state index is 11.8. The van der Waals surface area contributed by atoms with Gasteiger partial charge >= 0.3 is 5.97 Å². The second-order valence-electron chi connectivity index (χ2n) is 7.73. The van der Waals surface area contributed by atoms with E-state index in [9.17, 15) is 9.90 Å². The molecule has 2 aromatic rings. The van der Waals surface area contributed by atoms with E-state index in [-0.39, 0.29) is 0 Å². The van der Waals surface area contributed by atoms with E-state index in [0.717, 1.165) is 49.4 Å². The number of likely N-dealkylation sites (tertiary alicyclic amines) is 1.